The Morgan fingerprint density at radius 3 is 2.50 bits per heavy atom. The normalized spacial score (nSPS) is 12.5. The number of fused-ring (bicyclic) bond motifs is 1. The first-order chi connectivity index (χ1) is 16.2. The largest absolute Gasteiger partial charge is 0.493 e. The summed E-state index contributed by atoms with van der Waals surface area (Å²) >= 11 is 0. The molecule has 3 N–H and O–H groups in total. The van der Waals surface area contributed by atoms with Crippen LogP contribution in [0.4, 0.5) is 11.5 Å². The lowest BCUT2D eigenvalue weighted by Gasteiger charge is -2.16. The summed E-state index contributed by atoms with van der Waals surface area (Å²) in [7, 11) is 2.28. The molecule has 0 bridgehead atoms. The lowest BCUT2D eigenvalue weighted by atomic mass is 10.1. The second-order valence-electron chi connectivity index (χ2n) is 7.49. The summed E-state index contributed by atoms with van der Waals surface area (Å²) in [6.07, 6.45) is 5.15. The summed E-state index contributed by atoms with van der Waals surface area (Å²) in [6.45, 7) is 1.62. The van der Waals surface area contributed by atoms with E-state index in [9.17, 15) is 13.5 Å². The molecule has 0 aliphatic carbocycles. The third-order valence-electron chi connectivity index (χ3n) is 5.19. The van der Waals surface area contributed by atoms with Crippen molar-refractivity contribution in [2.24, 2.45) is 7.05 Å². The number of nitrogens with one attached hydrogen (secondary N) is 2. The number of rotatable bonds is 8. The molecule has 1 unspecified atom stereocenters. The third-order valence-corrected chi connectivity index (χ3v) is 6.51. The quantitative estimate of drug-likeness (QED) is 0.340. The summed E-state index contributed by atoms with van der Waals surface area (Å²) in [6, 6.07) is 3.34. The average Bonchev–Trinajstić information content (AvgIpc) is 3.44. The number of hydrogen-bond acceptors (Lipinski definition) is 9. The molecule has 3 heterocycles. The van der Waals surface area contributed by atoms with E-state index < -0.39 is 16.1 Å². The van der Waals surface area contributed by atoms with Crippen molar-refractivity contribution >= 4 is 27.2 Å². The van der Waals surface area contributed by atoms with Gasteiger partial charge in [0.25, 0.3) is 10.0 Å². The predicted octanol–water partition coefficient (Wildman–Crippen LogP) is 2.04. The molecule has 12 nitrogen and oxygen atoms in total. The fraction of sp³-hybridized carbons (Fsp3) is 0.286. The van der Waals surface area contributed by atoms with Crippen LogP contribution in [0.3, 0.4) is 0 Å². The molecular formula is C21H25N7O5S. The molecule has 0 radical (unpaired) electrons. The van der Waals surface area contributed by atoms with Gasteiger partial charge in [0.1, 0.15) is 4.90 Å². The van der Waals surface area contributed by atoms with Gasteiger partial charge in [0, 0.05) is 32.1 Å². The number of aliphatic hydroxyl groups is 1. The zero-order valence-electron chi connectivity index (χ0n) is 19.3. The molecule has 1 atom stereocenters. The Kier molecular flexibility index (Phi) is 6.06. The van der Waals surface area contributed by atoms with Crippen molar-refractivity contribution in [1.29, 1.82) is 0 Å². The van der Waals surface area contributed by atoms with Crippen molar-refractivity contribution in [1.82, 2.24) is 24.1 Å². The standard InChI is InChI=1S/C21H25N7O5S/c1-12(29)16-11-28-17(9-23-21(28)20(22-2)25-16)13-6-15(19(33-5)18(7-13)32-4)26-34(30,31)14-8-24-27(3)10-14/h6-12,26,29H,1-5H3,(H,22,25). The van der Waals surface area contributed by atoms with Gasteiger partial charge in [0.15, 0.2) is 23.0 Å². The summed E-state index contributed by atoms with van der Waals surface area (Å²) < 4.78 is 42.6. The molecule has 0 spiro atoms. The van der Waals surface area contributed by atoms with E-state index in [1.807, 2.05) is 0 Å². The zero-order chi connectivity index (χ0) is 24.6. The van der Waals surface area contributed by atoms with Gasteiger partial charge in [-0.3, -0.25) is 13.8 Å². The van der Waals surface area contributed by atoms with Crippen molar-refractivity contribution < 1.29 is 23.0 Å². The average molecular weight is 488 g/mol. The van der Waals surface area contributed by atoms with Crippen LogP contribution in [0, 0.1) is 0 Å². The highest BCUT2D eigenvalue weighted by atomic mass is 32.2. The lowest BCUT2D eigenvalue weighted by Crippen LogP contribution is -2.13. The van der Waals surface area contributed by atoms with Crippen molar-refractivity contribution in [3.8, 4) is 22.8 Å². The SMILES string of the molecule is CNc1nc(C(C)O)cn2c(-c3cc(NS(=O)(=O)c4cnn(C)c4)c(OC)c(OC)c3)cnc12. The van der Waals surface area contributed by atoms with E-state index in [0.717, 1.165) is 0 Å². The number of nitrogens with zero attached hydrogens (tertiary/aromatic N) is 5. The van der Waals surface area contributed by atoms with E-state index in [-0.39, 0.29) is 16.3 Å². The van der Waals surface area contributed by atoms with Crippen molar-refractivity contribution in [3.63, 3.8) is 0 Å². The number of sulfonamides is 1. The molecule has 1 aromatic carbocycles. The fourth-order valence-corrected chi connectivity index (χ4v) is 4.56. The van der Waals surface area contributed by atoms with Gasteiger partial charge in [-0.2, -0.15) is 5.10 Å². The topological polar surface area (TPSA) is 145 Å². The molecule has 0 aliphatic rings. The van der Waals surface area contributed by atoms with Crippen LogP contribution in [0.25, 0.3) is 16.9 Å². The predicted molar refractivity (Wildman–Crippen MR) is 126 cm³/mol. The molecule has 13 heteroatoms. The maximum Gasteiger partial charge on any atom is 0.265 e. The molecule has 34 heavy (non-hydrogen) atoms. The second kappa shape index (κ2) is 8.83. The Balaban J connectivity index is 1.90. The number of hydrogen-bond donors (Lipinski definition) is 3. The number of aryl methyl sites for hydroxylation is 1. The minimum Gasteiger partial charge on any atom is -0.493 e. The van der Waals surface area contributed by atoms with Crippen LogP contribution < -0.4 is 19.5 Å². The van der Waals surface area contributed by atoms with Gasteiger partial charge in [-0.1, -0.05) is 0 Å². The molecule has 0 aliphatic heterocycles. The van der Waals surface area contributed by atoms with E-state index >= 15 is 0 Å². The number of methoxy groups -OCH3 is 2. The van der Waals surface area contributed by atoms with E-state index in [4.69, 9.17) is 9.47 Å². The van der Waals surface area contributed by atoms with Crippen molar-refractivity contribution in [2.45, 2.75) is 17.9 Å². The summed E-state index contributed by atoms with van der Waals surface area (Å²) in [4.78, 5) is 8.86. The molecule has 0 saturated carbocycles. The summed E-state index contributed by atoms with van der Waals surface area (Å²) in [5.74, 6) is 1.02. The van der Waals surface area contributed by atoms with E-state index in [2.05, 4.69) is 25.1 Å². The summed E-state index contributed by atoms with van der Waals surface area (Å²) in [5, 5.41) is 17.0. The molecule has 0 saturated heterocycles. The molecular weight excluding hydrogens is 462 g/mol. The maximum atomic E-state index is 13.0. The maximum absolute atomic E-state index is 13.0. The van der Waals surface area contributed by atoms with E-state index in [1.54, 1.807) is 49.9 Å². The van der Waals surface area contributed by atoms with Gasteiger partial charge < -0.3 is 19.9 Å². The first-order valence-electron chi connectivity index (χ1n) is 10.2. The van der Waals surface area contributed by atoms with Crippen LogP contribution in [-0.4, -0.2) is 58.9 Å². The molecule has 0 amide bonds. The highest BCUT2D eigenvalue weighted by molar-refractivity contribution is 7.92. The molecule has 180 valence electrons. The monoisotopic (exact) mass is 487 g/mol. The molecule has 4 rings (SSSR count). The Bertz CT molecular complexity index is 1460. The Hall–Kier alpha value is -3.84. The van der Waals surface area contributed by atoms with Crippen LogP contribution >= 0.6 is 0 Å². The Labute approximate surface area is 196 Å². The van der Waals surface area contributed by atoms with E-state index in [0.29, 0.717) is 34.2 Å². The van der Waals surface area contributed by atoms with Gasteiger partial charge >= 0.3 is 0 Å². The molecule has 3 aromatic heterocycles. The zero-order valence-corrected chi connectivity index (χ0v) is 20.1. The van der Waals surface area contributed by atoms with Gasteiger partial charge in [0.2, 0.25) is 0 Å². The van der Waals surface area contributed by atoms with Crippen LogP contribution in [-0.2, 0) is 17.1 Å². The fourth-order valence-electron chi connectivity index (χ4n) is 3.52. The van der Waals surface area contributed by atoms with Crippen LogP contribution in [0.5, 0.6) is 11.5 Å². The van der Waals surface area contributed by atoms with Crippen LogP contribution in [0.15, 0.2) is 41.8 Å². The Morgan fingerprint density at radius 1 is 1.15 bits per heavy atom. The molecule has 4 aromatic rings. The van der Waals surface area contributed by atoms with Crippen molar-refractivity contribution in [3.05, 3.63) is 42.6 Å². The third kappa shape index (κ3) is 4.10. The molecule has 0 fully saturated rings. The summed E-state index contributed by atoms with van der Waals surface area (Å²) in [5.41, 5.74) is 2.37. The van der Waals surface area contributed by atoms with Gasteiger partial charge in [-0.05, 0) is 19.1 Å². The number of aromatic nitrogens is 5. The smallest absolute Gasteiger partial charge is 0.265 e. The van der Waals surface area contributed by atoms with Gasteiger partial charge in [-0.15, -0.1) is 0 Å². The van der Waals surface area contributed by atoms with Crippen LogP contribution in [0.1, 0.15) is 18.7 Å². The van der Waals surface area contributed by atoms with Crippen LogP contribution in [0.2, 0.25) is 0 Å². The highest BCUT2D eigenvalue weighted by Crippen LogP contribution is 2.41. The highest BCUT2D eigenvalue weighted by Gasteiger charge is 2.23. The minimum atomic E-state index is -3.95. The van der Waals surface area contributed by atoms with Crippen molar-refractivity contribution in [2.75, 3.05) is 31.3 Å². The second-order valence-corrected chi connectivity index (χ2v) is 9.17. The van der Waals surface area contributed by atoms with Gasteiger partial charge in [-0.25, -0.2) is 18.4 Å². The number of aliphatic hydroxyl groups excluding tert-OH is 1. The van der Waals surface area contributed by atoms with Gasteiger partial charge in [0.05, 0.1) is 49.8 Å². The lowest BCUT2D eigenvalue weighted by molar-refractivity contribution is 0.194. The van der Waals surface area contributed by atoms with E-state index in [1.165, 1.54) is 31.3 Å². The minimum absolute atomic E-state index is 0.00235. The number of anilines is 2. The Morgan fingerprint density at radius 2 is 1.91 bits per heavy atom. The number of benzene rings is 1. The first kappa shape index (κ1) is 23.3. The number of imidazole rings is 1. The number of ether oxygens (including phenoxy) is 2. The first-order valence-corrected chi connectivity index (χ1v) is 11.7.